The molecule has 3 aromatic rings. The molecule has 0 amide bonds. The molecule has 8 heteroatoms. The Morgan fingerprint density at radius 1 is 1.37 bits per heavy atom. The number of aromatic nitrogens is 2. The molecule has 0 radical (unpaired) electrons. The number of anilines is 1. The van der Waals surface area contributed by atoms with Crippen LogP contribution in [0.5, 0.6) is 5.75 Å². The van der Waals surface area contributed by atoms with E-state index >= 15 is 0 Å². The molecule has 4 rings (SSSR count). The van der Waals surface area contributed by atoms with Crippen molar-refractivity contribution in [2.75, 3.05) is 25.1 Å². The molecule has 7 nitrogen and oxygen atoms in total. The number of nitro groups is 1. The van der Waals surface area contributed by atoms with Gasteiger partial charge in [-0.3, -0.25) is 10.1 Å². The minimum Gasteiger partial charge on any atom is -0.497 e. The van der Waals surface area contributed by atoms with E-state index in [1.807, 2.05) is 23.2 Å². The molecule has 0 unspecified atom stereocenters. The van der Waals surface area contributed by atoms with Gasteiger partial charge in [-0.2, -0.15) is 4.39 Å². The molecule has 27 heavy (non-hydrogen) atoms. The van der Waals surface area contributed by atoms with Gasteiger partial charge in [0.2, 0.25) is 5.82 Å². The van der Waals surface area contributed by atoms with E-state index in [9.17, 15) is 14.5 Å². The second kappa shape index (κ2) is 6.86. The predicted octanol–water partition coefficient (Wildman–Crippen LogP) is 4.00. The molecule has 1 aliphatic heterocycles. The number of aromatic amines is 1. The first kappa shape index (κ1) is 17.3. The molecular formula is C19H19FN4O3. The Kier molecular flexibility index (Phi) is 4.39. The lowest BCUT2D eigenvalue weighted by Crippen LogP contribution is -2.33. The van der Waals surface area contributed by atoms with E-state index in [0.29, 0.717) is 19.0 Å². The van der Waals surface area contributed by atoms with Crippen molar-refractivity contribution < 1.29 is 14.1 Å². The number of halogens is 1. The first-order valence-electron chi connectivity index (χ1n) is 8.77. The van der Waals surface area contributed by atoms with Gasteiger partial charge in [-0.05, 0) is 36.5 Å². The van der Waals surface area contributed by atoms with Crippen LogP contribution in [-0.4, -0.2) is 35.1 Å². The zero-order chi connectivity index (χ0) is 19.0. The number of H-pyrrole nitrogens is 1. The van der Waals surface area contributed by atoms with Crippen molar-refractivity contribution in [1.29, 1.82) is 0 Å². The van der Waals surface area contributed by atoms with Gasteiger partial charge in [0.15, 0.2) is 0 Å². The van der Waals surface area contributed by atoms with E-state index in [1.54, 1.807) is 6.20 Å². The predicted molar refractivity (Wildman–Crippen MR) is 99.9 cm³/mol. The van der Waals surface area contributed by atoms with Gasteiger partial charge in [0.1, 0.15) is 17.1 Å². The Labute approximate surface area is 154 Å². The van der Waals surface area contributed by atoms with Gasteiger partial charge < -0.3 is 14.6 Å². The summed E-state index contributed by atoms with van der Waals surface area (Å²) in [5.41, 5.74) is 1.85. The fraction of sp³-hybridized carbons (Fsp3) is 0.316. The molecule has 1 N–H and O–H groups in total. The number of pyridine rings is 1. The maximum Gasteiger partial charge on any atom is 0.328 e. The van der Waals surface area contributed by atoms with Crippen LogP contribution in [0.2, 0.25) is 0 Å². The fourth-order valence-corrected chi connectivity index (χ4v) is 3.85. The van der Waals surface area contributed by atoms with Crippen molar-refractivity contribution >= 4 is 22.4 Å². The summed E-state index contributed by atoms with van der Waals surface area (Å²) < 4.78 is 19.3. The molecule has 0 atom stereocenters. The van der Waals surface area contributed by atoms with Gasteiger partial charge in [-0.15, -0.1) is 0 Å². The van der Waals surface area contributed by atoms with Crippen LogP contribution < -0.4 is 9.64 Å². The van der Waals surface area contributed by atoms with E-state index in [4.69, 9.17) is 4.74 Å². The summed E-state index contributed by atoms with van der Waals surface area (Å²) in [6.45, 7) is 1.20. The van der Waals surface area contributed by atoms with Gasteiger partial charge in [0.25, 0.3) is 0 Å². The summed E-state index contributed by atoms with van der Waals surface area (Å²) in [7, 11) is 1.42. The minimum absolute atomic E-state index is 0.274. The van der Waals surface area contributed by atoms with Crippen molar-refractivity contribution in [2.45, 2.75) is 18.8 Å². The summed E-state index contributed by atoms with van der Waals surface area (Å²) >= 11 is 0. The zero-order valence-corrected chi connectivity index (χ0v) is 14.8. The summed E-state index contributed by atoms with van der Waals surface area (Å²) in [4.78, 5) is 20.1. The molecule has 0 spiro atoms. The second-order valence-corrected chi connectivity index (χ2v) is 6.64. The summed E-state index contributed by atoms with van der Waals surface area (Å²) in [6, 6.07) is 6.55. The number of nitro benzene ring substituents is 1. The smallest absolute Gasteiger partial charge is 0.328 e. The average Bonchev–Trinajstić information content (AvgIpc) is 3.11. The minimum atomic E-state index is -0.876. The van der Waals surface area contributed by atoms with E-state index in [-0.39, 0.29) is 11.4 Å². The van der Waals surface area contributed by atoms with Crippen molar-refractivity contribution in [2.24, 2.45) is 0 Å². The highest BCUT2D eigenvalue weighted by atomic mass is 19.1. The van der Waals surface area contributed by atoms with Gasteiger partial charge in [0, 0.05) is 43.0 Å². The first-order chi connectivity index (χ1) is 13.1. The van der Waals surface area contributed by atoms with Gasteiger partial charge in [-0.1, -0.05) is 0 Å². The van der Waals surface area contributed by atoms with Gasteiger partial charge in [-0.25, -0.2) is 4.98 Å². The maximum absolute atomic E-state index is 14.2. The van der Waals surface area contributed by atoms with Crippen molar-refractivity contribution in [3.8, 4) is 5.75 Å². The van der Waals surface area contributed by atoms with Crippen molar-refractivity contribution in [3.05, 3.63) is 58.2 Å². The molecule has 1 saturated heterocycles. The highest BCUT2D eigenvalue weighted by Gasteiger charge is 2.30. The third-order valence-electron chi connectivity index (χ3n) is 5.19. The van der Waals surface area contributed by atoms with Crippen molar-refractivity contribution in [1.82, 2.24) is 9.97 Å². The lowest BCUT2D eigenvalue weighted by atomic mass is 9.89. The average molecular weight is 370 g/mol. The lowest BCUT2D eigenvalue weighted by Gasteiger charge is -2.33. The largest absolute Gasteiger partial charge is 0.497 e. The maximum atomic E-state index is 14.2. The van der Waals surface area contributed by atoms with E-state index in [1.165, 1.54) is 18.7 Å². The second-order valence-electron chi connectivity index (χ2n) is 6.64. The monoisotopic (exact) mass is 370 g/mol. The normalized spacial score (nSPS) is 15.3. The standard InChI is InChI=1S/C19H19FN4O3/c1-27-13-9-16(20)18(24(25)26)17(10-13)23-7-4-12(5-8-23)15-11-22-19-14(15)3-2-6-21-19/h2-3,6,9-12H,4-5,7-8H2,1H3,(H,21,22). The van der Waals surface area contributed by atoms with Crippen LogP contribution in [0.4, 0.5) is 15.8 Å². The van der Waals surface area contributed by atoms with E-state index in [0.717, 1.165) is 29.9 Å². The molecule has 2 aromatic heterocycles. The molecule has 0 aliphatic carbocycles. The Morgan fingerprint density at radius 3 is 2.85 bits per heavy atom. The molecule has 1 aliphatic rings. The highest BCUT2D eigenvalue weighted by Crippen LogP contribution is 2.39. The first-order valence-corrected chi connectivity index (χ1v) is 8.77. The molecule has 3 heterocycles. The number of ether oxygens (including phenoxy) is 1. The number of hydrogen-bond donors (Lipinski definition) is 1. The molecule has 1 aromatic carbocycles. The Hall–Kier alpha value is -3.16. The van der Waals surface area contributed by atoms with E-state index < -0.39 is 16.4 Å². The lowest BCUT2D eigenvalue weighted by molar-refractivity contribution is -0.386. The number of methoxy groups -OCH3 is 1. The molecule has 140 valence electrons. The van der Waals surface area contributed by atoms with E-state index in [2.05, 4.69) is 9.97 Å². The highest BCUT2D eigenvalue weighted by molar-refractivity contribution is 5.80. The summed E-state index contributed by atoms with van der Waals surface area (Å²) in [5, 5.41) is 12.5. The van der Waals surface area contributed by atoms with Crippen LogP contribution in [-0.2, 0) is 0 Å². The number of benzene rings is 1. The van der Waals surface area contributed by atoms with Crippen molar-refractivity contribution in [3.63, 3.8) is 0 Å². The molecule has 0 saturated carbocycles. The van der Waals surface area contributed by atoms with Crippen LogP contribution in [0.15, 0.2) is 36.7 Å². The Bertz CT molecular complexity index is 996. The summed E-state index contributed by atoms with van der Waals surface area (Å²) in [5.74, 6) is -0.272. The third-order valence-corrected chi connectivity index (χ3v) is 5.19. The topological polar surface area (TPSA) is 84.3 Å². The number of hydrogen-bond acceptors (Lipinski definition) is 5. The summed E-state index contributed by atoms with van der Waals surface area (Å²) in [6.07, 6.45) is 5.38. The Balaban J connectivity index is 1.59. The molecule has 1 fully saturated rings. The van der Waals surface area contributed by atoms with Crippen LogP contribution in [0, 0.1) is 15.9 Å². The van der Waals surface area contributed by atoms with Crippen LogP contribution >= 0.6 is 0 Å². The molecule has 0 bridgehead atoms. The zero-order valence-electron chi connectivity index (χ0n) is 14.8. The number of fused-ring (bicyclic) bond motifs is 1. The third kappa shape index (κ3) is 3.07. The van der Waals surface area contributed by atoms with Gasteiger partial charge >= 0.3 is 5.69 Å². The fourth-order valence-electron chi connectivity index (χ4n) is 3.85. The molecular weight excluding hydrogens is 351 g/mol. The van der Waals surface area contributed by atoms with Crippen LogP contribution in [0.25, 0.3) is 11.0 Å². The number of nitrogens with zero attached hydrogens (tertiary/aromatic N) is 3. The Morgan fingerprint density at radius 2 is 2.15 bits per heavy atom. The van der Waals surface area contributed by atoms with Crippen LogP contribution in [0.3, 0.4) is 0 Å². The van der Waals surface area contributed by atoms with Crippen LogP contribution in [0.1, 0.15) is 24.3 Å². The quantitative estimate of drug-likeness (QED) is 0.554. The SMILES string of the molecule is COc1cc(F)c([N+](=O)[O-])c(N2CCC(c3c[nH]c4ncccc34)CC2)c1. The number of piperidine rings is 1. The van der Waals surface area contributed by atoms with Gasteiger partial charge in [0.05, 0.1) is 12.0 Å². The number of rotatable bonds is 4. The number of nitrogens with one attached hydrogen (secondary N) is 1.